The lowest BCUT2D eigenvalue weighted by molar-refractivity contribution is 0.0778. The highest BCUT2D eigenvalue weighted by Gasteiger charge is 2.31. The molecule has 1 amide bonds. The van der Waals surface area contributed by atoms with Crippen molar-refractivity contribution in [3.63, 3.8) is 0 Å². The van der Waals surface area contributed by atoms with E-state index in [9.17, 15) is 9.90 Å². The molecule has 1 aliphatic rings. The van der Waals surface area contributed by atoms with Crippen LogP contribution in [0.2, 0.25) is 0 Å². The molecule has 0 atom stereocenters. The van der Waals surface area contributed by atoms with Crippen LogP contribution in [0.1, 0.15) is 39.9 Å². The van der Waals surface area contributed by atoms with E-state index in [4.69, 9.17) is 5.26 Å². The highest BCUT2D eigenvalue weighted by molar-refractivity contribution is 5.67. The third-order valence-corrected chi connectivity index (χ3v) is 4.96. The Morgan fingerprint density at radius 1 is 1.43 bits per heavy atom. The van der Waals surface area contributed by atoms with Gasteiger partial charge in [-0.15, -0.1) is 0 Å². The Morgan fingerprint density at radius 2 is 2.11 bits per heavy atom. The summed E-state index contributed by atoms with van der Waals surface area (Å²) in [5.41, 5.74) is -0.122. The van der Waals surface area contributed by atoms with Gasteiger partial charge in [-0.3, -0.25) is 9.91 Å². The van der Waals surface area contributed by atoms with E-state index in [2.05, 4.69) is 34.0 Å². The zero-order valence-corrected chi connectivity index (χ0v) is 17.2. The molecule has 0 unspecified atom stereocenters. The zero-order chi connectivity index (χ0) is 20.7. The maximum absolute atomic E-state index is 12.1. The Balaban J connectivity index is 2.21. The maximum atomic E-state index is 12.1. The standard InChI is InChI=1S/C19H31N7O2/c1-15(2)14-26(17-5-7-22-16(13-20)23-17)25(18(27)28)10-6-19(3,4)24-11-8-21-9-12-24/h5,7,15,21H,6,8-12,14H2,1-4H3,(H,27,28). The van der Waals surface area contributed by atoms with E-state index in [1.54, 1.807) is 11.1 Å². The lowest BCUT2D eigenvalue weighted by Crippen LogP contribution is -2.56. The van der Waals surface area contributed by atoms with Gasteiger partial charge in [-0.25, -0.2) is 14.8 Å². The van der Waals surface area contributed by atoms with Crippen LogP contribution in [0, 0.1) is 17.2 Å². The molecule has 0 radical (unpaired) electrons. The van der Waals surface area contributed by atoms with Crippen LogP contribution < -0.4 is 10.3 Å². The number of anilines is 1. The van der Waals surface area contributed by atoms with E-state index >= 15 is 0 Å². The summed E-state index contributed by atoms with van der Waals surface area (Å²) in [6, 6.07) is 3.56. The number of piperazine rings is 1. The molecule has 1 fully saturated rings. The first-order valence-electron chi connectivity index (χ1n) is 9.71. The fourth-order valence-corrected chi connectivity index (χ4v) is 3.34. The van der Waals surface area contributed by atoms with Crippen LogP contribution in [-0.2, 0) is 0 Å². The molecule has 1 aliphatic heterocycles. The lowest BCUT2D eigenvalue weighted by Gasteiger charge is -2.43. The van der Waals surface area contributed by atoms with Gasteiger partial charge in [-0.1, -0.05) is 13.8 Å². The van der Waals surface area contributed by atoms with Crippen LogP contribution in [0.15, 0.2) is 12.3 Å². The molecule has 2 heterocycles. The zero-order valence-electron chi connectivity index (χ0n) is 17.2. The molecule has 0 bridgehead atoms. The van der Waals surface area contributed by atoms with Crippen molar-refractivity contribution in [3.05, 3.63) is 18.1 Å². The molecule has 2 N–H and O–H groups in total. The van der Waals surface area contributed by atoms with Gasteiger partial charge in [0.2, 0.25) is 5.82 Å². The van der Waals surface area contributed by atoms with Crippen LogP contribution in [-0.4, -0.2) is 75.9 Å². The van der Waals surface area contributed by atoms with Crippen molar-refractivity contribution in [2.45, 2.75) is 39.7 Å². The number of hydrazine groups is 1. The largest absolute Gasteiger partial charge is 0.464 e. The van der Waals surface area contributed by atoms with Crippen LogP contribution in [0.5, 0.6) is 0 Å². The van der Waals surface area contributed by atoms with E-state index in [-0.39, 0.29) is 17.3 Å². The summed E-state index contributed by atoms with van der Waals surface area (Å²) >= 11 is 0. The second kappa shape index (κ2) is 9.66. The molecule has 9 nitrogen and oxygen atoms in total. The number of nitrogens with one attached hydrogen (secondary N) is 1. The third kappa shape index (κ3) is 5.78. The number of hydrogen-bond acceptors (Lipinski definition) is 7. The molecule has 154 valence electrons. The van der Waals surface area contributed by atoms with Gasteiger partial charge < -0.3 is 10.4 Å². The summed E-state index contributed by atoms with van der Waals surface area (Å²) in [5, 5.41) is 25.3. The fourth-order valence-electron chi connectivity index (χ4n) is 3.34. The summed E-state index contributed by atoms with van der Waals surface area (Å²) in [6.07, 6.45) is 1.14. The number of rotatable bonds is 8. The molecule has 2 rings (SSSR count). The van der Waals surface area contributed by atoms with E-state index < -0.39 is 6.09 Å². The molecule has 0 spiro atoms. The second-order valence-corrected chi connectivity index (χ2v) is 8.03. The fraction of sp³-hybridized carbons (Fsp3) is 0.684. The van der Waals surface area contributed by atoms with Gasteiger partial charge in [0.05, 0.1) is 0 Å². The van der Waals surface area contributed by atoms with Crippen LogP contribution in [0.25, 0.3) is 0 Å². The average Bonchev–Trinajstić information content (AvgIpc) is 2.67. The minimum absolute atomic E-state index is 0.0257. The normalized spacial score (nSPS) is 15.3. The van der Waals surface area contributed by atoms with E-state index in [0.29, 0.717) is 25.3 Å². The summed E-state index contributed by atoms with van der Waals surface area (Å²) in [7, 11) is 0. The SMILES string of the molecule is CC(C)CN(c1ccnc(C#N)n1)N(CCC(C)(C)N1CCNCC1)C(=O)O. The van der Waals surface area contributed by atoms with Crippen molar-refractivity contribution >= 4 is 11.9 Å². The van der Waals surface area contributed by atoms with Gasteiger partial charge in [0.25, 0.3) is 0 Å². The highest BCUT2D eigenvalue weighted by atomic mass is 16.4. The Labute approximate surface area is 166 Å². The number of aromatic nitrogens is 2. The molecular formula is C19H31N7O2. The van der Waals surface area contributed by atoms with Gasteiger partial charge in [-0.05, 0) is 26.2 Å². The van der Waals surface area contributed by atoms with Crippen LogP contribution in [0.4, 0.5) is 10.6 Å². The van der Waals surface area contributed by atoms with Crippen LogP contribution >= 0.6 is 0 Å². The summed E-state index contributed by atoms with van der Waals surface area (Å²) in [5.74, 6) is 0.656. The molecule has 0 aliphatic carbocycles. The van der Waals surface area contributed by atoms with Crippen molar-refractivity contribution in [3.8, 4) is 6.07 Å². The minimum atomic E-state index is -1.03. The number of carbonyl (C=O) groups is 1. The van der Waals surface area contributed by atoms with Gasteiger partial charge >= 0.3 is 6.09 Å². The van der Waals surface area contributed by atoms with Gasteiger partial charge in [0.1, 0.15) is 6.07 Å². The van der Waals surface area contributed by atoms with Crippen molar-refractivity contribution < 1.29 is 9.90 Å². The van der Waals surface area contributed by atoms with Crippen molar-refractivity contribution in [1.29, 1.82) is 5.26 Å². The van der Waals surface area contributed by atoms with Gasteiger partial charge in [0, 0.05) is 57.1 Å². The Morgan fingerprint density at radius 3 is 2.68 bits per heavy atom. The predicted molar refractivity (Wildman–Crippen MR) is 107 cm³/mol. The van der Waals surface area contributed by atoms with Gasteiger partial charge in [0.15, 0.2) is 5.82 Å². The maximum Gasteiger partial charge on any atom is 0.426 e. The predicted octanol–water partition coefficient (Wildman–Crippen LogP) is 1.78. The molecular weight excluding hydrogens is 358 g/mol. The number of hydrogen-bond donors (Lipinski definition) is 2. The molecule has 9 heteroatoms. The molecule has 28 heavy (non-hydrogen) atoms. The monoisotopic (exact) mass is 389 g/mol. The van der Waals surface area contributed by atoms with Crippen molar-refractivity contribution in [2.75, 3.05) is 44.3 Å². The summed E-state index contributed by atoms with van der Waals surface area (Å²) in [4.78, 5) is 22.6. The number of nitriles is 1. The smallest absolute Gasteiger partial charge is 0.426 e. The number of nitrogens with zero attached hydrogens (tertiary/aromatic N) is 6. The molecule has 1 aromatic rings. The first-order chi connectivity index (χ1) is 13.2. The van der Waals surface area contributed by atoms with Crippen LogP contribution in [0.3, 0.4) is 0 Å². The quantitative estimate of drug-likeness (QED) is 0.648. The molecule has 1 saturated heterocycles. The molecule has 0 saturated carbocycles. The van der Waals surface area contributed by atoms with E-state index in [0.717, 1.165) is 26.2 Å². The number of amides is 1. The molecule has 1 aromatic heterocycles. The summed E-state index contributed by atoms with van der Waals surface area (Å²) in [6.45, 7) is 13.0. The Hall–Kier alpha value is -2.44. The first-order valence-corrected chi connectivity index (χ1v) is 9.71. The van der Waals surface area contributed by atoms with Crippen molar-refractivity contribution in [1.82, 2.24) is 25.2 Å². The van der Waals surface area contributed by atoms with E-state index in [1.807, 2.05) is 19.9 Å². The molecule has 0 aromatic carbocycles. The third-order valence-electron chi connectivity index (χ3n) is 4.96. The van der Waals surface area contributed by atoms with E-state index in [1.165, 1.54) is 11.2 Å². The lowest BCUT2D eigenvalue weighted by atomic mass is 9.97. The number of carboxylic acid groups (broad SMARTS) is 1. The minimum Gasteiger partial charge on any atom is -0.464 e. The first kappa shape index (κ1) is 21.9. The second-order valence-electron chi connectivity index (χ2n) is 8.03. The summed E-state index contributed by atoms with van der Waals surface area (Å²) < 4.78 is 0. The average molecular weight is 390 g/mol. The Bertz CT molecular complexity index is 696. The Kier molecular flexibility index (Phi) is 7.54. The van der Waals surface area contributed by atoms with Crippen molar-refractivity contribution in [2.24, 2.45) is 5.92 Å². The topological polar surface area (TPSA) is 109 Å². The van der Waals surface area contributed by atoms with Gasteiger partial charge in [-0.2, -0.15) is 10.2 Å². The highest BCUT2D eigenvalue weighted by Crippen LogP contribution is 2.22.